The van der Waals surface area contributed by atoms with Crippen LogP contribution in [0.3, 0.4) is 0 Å². The first-order valence-electron chi connectivity index (χ1n) is 9.04. The van der Waals surface area contributed by atoms with E-state index in [2.05, 4.69) is 17.3 Å². The molecule has 1 aliphatic rings. The zero-order valence-corrected chi connectivity index (χ0v) is 15.9. The van der Waals surface area contributed by atoms with E-state index in [1.54, 1.807) is 0 Å². The Morgan fingerprint density at radius 1 is 1.24 bits per heavy atom. The number of amides is 1. The molecule has 0 bridgehead atoms. The van der Waals surface area contributed by atoms with E-state index in [0.29, 0.717) is 12.1 Å². The molecule has 1 fully saturated rings. The van der Waals surface area contributed by atoms with Gasteiger partial charge in [-0.1, -0.05) is 36.7 Å². The van der Waals surface area contributed by atoms with Crippen molar-refractivity contribution in [2.24, 2.45) is 5.92 Å². The third-order valence-electron chi connectivity index (χ3n) is 5.24. The quantitative estimate of drug-likeness (QED) is 0.872. The van der Waals surface area contributed by atoms with Gasteiger partial charge < -0.3 is 5.32 Å². The van der Waals surface area contributed by atoms with Gasteiger partial charge in [-0.15, -0.1) is 0 Å². The molecule has 0 saturated heterocycles. The van der Waals surface area contributed by atoms with Crippen LogP contribution in [0.25, 0.3) is 0 Å². The smallest absolute Gasteiger partial charge is 0.255 e. The Balaban J connectivity index is 1.75. The van der Waals surface area contributed by atoms with Crippen molar-refractivity contribution >= 4 is 17.5 Å². The van der Waals surface area contributed by atoms with E-state index in [1.807, 2.05) is 42.8 Å². The second-order valence-corrected chi connectivity index (χ2v) is 7.63. The molecule has 0 radical (unpaired) electrons. The van der Waals surface area contributed by atoms with Crippen LogP contribution in [0, 0.1) is 19.8 Å². The van der Waals surface area contributed by atoms with Gasteiger partial charge in [0.25, 0.3) is 5.91 Å². The molecule has 1 amide bonds. The van der Waals surface area contributed by atoms with Crippen molar-refractivity contribution in [3.8, 4) is 0 Å². The minimum Gasteiger partial charge on any atom is -0.349 e. The van der Waals surface area contributed by atoms with Gasteiger partial charge in [0.05, 0.1) is 17.8 Å². The summed E-state index contributed by atoms with van der Waals surface area (Å²) < 4.78 is 1.87. The van der Waals surface area contributed by atoms with Gasteiger partial charge in [-0.3, -0.25) is 9.48 Å². The first-order chi connectivity index (χ1) is 12.0. The lowest BCUT2D eigenvalue weighted by atomic mass is 9.87. The van der Waals surface area contributed by atoms with Gasteiger partial charge in [0.2, 0.25) is 0 Å². The van der Waals surface area contributed by atoms with E-state index in [0.717, 1.165) is 40.7 Å². The number of rotatable bonds is 4. The van der Waals surface area contributed by atoms with E-state index in [9.17, 15) is 4.79 Å². The Kier molecular flexibility index (Phi) is 5.48. The van der Waals surface area contributed by atoms with Crippen LogP contribution in [0.1, 0.15) is 59.9 Å². The third kappa shape index (κ3) is 4.06. The SMILES string of the molecule is Cc1nn(Cc2ccccc2Cl)c(C)c1C(=O)NC1CCC(C)CC1. The first-order valence-corrected chi connectivity index (χ1v) is 9.41. The van der Waals surface area contributed by atoms with Crippen LogP contribution in [0.2, 0.25) is 5.02 Å². The summed E-state index contributed by atoms with van der Waals surface area (Å²) >= 11 is 6.26. The second kappa shape index (κ2) is 7.61. The Morgan fingerprint density at radius 2 is 1.92 bits per heavy atom. The van der Waals surface area contributed by atoms with Crippen LogP contribution in [0.15, 0.2) is 24.3 Å². The van der Waals surface area contributed by atoms with Crippen molar-refractivity contribution in [1.29, 1.82) is 0 Å². The Labute approximate surface area is 154 Å². The largest absolute Gasteiger partial charge is 0.349 e. The molecule has 0 aliphatic heterocycles. The van der Waals surface area contributed by atoms with Gasteiger partial charge >= 0.3 is 0 Å². The highest BCUT2D eigenvalue weighted by molar-refractivity contribution is 6.31. The van der Waals surface area contributed by atoms with Gasteiger partial charge in [0.1, 0.15) is 0 Å². The average Bonchev–Trinajstić information content (AvgIpc) is 2.86. The standard InChI is InChI=1S/C20H26ClN3O/c1-13-8-10-17(11-9-13)22-20(25)19-14(2)23-24(15(19)3)12-16-6-4-5-7-18(16)21/h4-7,13,17H,8-12H2,1-3H3,(H,22,25). The molecule has 1 aliphatic carbocycles. The molecule has 0 spiro atoms. The van der Waals surface area contributed by atoms with Gasteiger partial charge in [-0.05, 0) is 57.1 Å². The summed E-state index contributed by atoms with van der Waals surface area (Å²) in [5.74, 6) is 0.773. The fourth-order valence-corrected chi connectivity index (χ4v) is 3.82. The number of aryl methyl sites for hydroxylation is 1. The molecular formula is C20H26ClN3O. The molecule has 0 unspecified atom stereocenters. The van der Waals surface area contributed by atoms with Gasteiger partial charge in [-0.25, -0.2) is 0 Å². The van der Waals surface area contributed by atoms with Gasteiger partial charge in [-0.2, -0.15) is 5.10 Å². The minimum absolute atomic E-state index is 0.0000355. The summed E-state index contributed by atoms with van der Waals surface area (Å²) in [5, 5.41) is 8.50. The average molecular weight is 360 g/mol. The lowest BCUT2D eigenvalue weighted by Crippen LogP contribution is -2.37. The first kappa shape index (κ1) is 18.0. The van der Waals surface area contributed by atoms with Crippen LogP contribution in [-0.4, -0.2) is 21.7 Å². The van der Waals surface area contributed by atoms with Crippen LogP contribution < -0.4 is 5.32 Å². The highest BCUT2D eigenvalue weighted by Crippen LogP contribution is 2.24. The highest BCUT2D eigenvalue weighted by Gasteiger charge is 2.24. The molecule has 0 atom stereocenters. The summed E-state index contributed by atoms with van der Waals surface area (Å²) in [7, 11) is 0. The number of halogens is 1. The van der Waals surface area contributed by atoms with Crippen molar-refractivity contribution in [3.63, 3.8) is 0 Å². The number of nitrogens with zero attached hydrogens (tertiary/aromatic N) is 2. The lowest BCUT2D eigenvalue weighted by Gasteiger charge is -2.26. The topological polar surface area (TPSA) is 46.9 Å². The summed E-state index contributed by atoms with van der Waals surface area (Å²) in [6.45, 7) is 6.70. The van der Waals surface area contributed by atoms with Crippen LogP contribution in [0.5, 0.6) is 0 Å². The number of hydrogen-bond donors (Lipinski definition) is 1. The molecule has 2 aromatic rings. The lowest BCUT2D eigenvalue weighted by molar-refractivity contribution is 0.0921. The maximum absolute atomic E-state index is 12.8. The monoisotopic (exact) mass is 359 g/mol. The van der Waals surface area contributed by atoms with Crippen molar-refractivity contribution in [2.45, 2.75) is 59.0 Å². The predicted octanol–water partition coefficient (Wildman–Crippen LogP) is 4.51. The van der Waals surface area contributed by atoms with Crippen molar-refractivity contribution < 1.29 is 4.79 Å². The molecular weight excluding hydrogens is 334 g/mol. The van der Waals surface area contributed by atoms with Crippen LogP contribution in [0.4, 0.5) is 0 Å². The summed E-state index contributed by atoms with van der Waals surface area (Å²) in [6.07, 6.45) is 4.51. The van der Waals surface area contributed by atoms with E-state index in [-0.39, 0.29) is 11.9 Å². The number of aromatic nitrogens is 2. The van der Waals surface area contributed by atoms with E-state index >= 15 is 0 Å². The van der Waals surface area contributed by atoms with E-state index in [4.69, 9.17) is 11.6 Å². The van der Waals surface area contributed by atoms with Gasteiger partial charge in [0.15, 0.2) is 0 Å². The normalized spacial score (nSPS) is 20.5. The molecule has 3 rings (SSSR count). The number of carbonyl (C=O) groups excluding carboxylic acids is 1. The molecule has 1 heterocycles. The van der Waals surface area contributed by atoms with Crippen LogP contribution >= 0.6 is 11.6 Å². The summed E-state index contributed by atoms with van der Waals surface area (Å²) in [6, 6.07) is 8.03. The Morgan fingerprint density at radius 3 is 2.60 bits per heavy atom. The molecule has 134 valence electrons. The van der Waals surface area contributed by atoms with Crippen molar-refractivity contribution in [3.05, 3.63) is 51.8 Å². The maximum Gasteiger partial charge on any atom is 0.255 e. The number of hydrogen-bond acceptors (Lipinski definition) is 2. The fourth-order valence-electron chi connectivity index (χ4n) is 3.63. The molecule has 1 aromatic carbocycles. The number of benzene rings is 1. The molecule has 1 aromatic heterocycles. The zero-order valence-electron chi connectivity index (χ0n) is 15.2. The third-order valence-corrected chi connectivity index (χ3v) is 5.61. The van der Waals surface area contributed by atoms with Crippen molar-refractivity contribution in [2.75, 3.05) is 0 Å². The molecule has 5 heteroatoms. The minimum atomic E-state index is -0.0000355. The van der Waals surface area contributed by atoms with Gasteiger partial charge in [0, 0.05) is 16.8 Å². The summed E-state index contributed by atoms with van der Waals surface area (Å²) in [5.41, 5.74) is 3.36. The predicted molar refractivity (Wildman–Crippen MR) is 101 cm³/mol. The van der Waals surface area contributed by atoms with Crippen LogP contribution in [-0.2, 0) is 6.54 Å². The zero-order chi connectivity index (χ0) is 18.0. The molecule has 1 N–H and O–H groups in total. The molecule has 25 heavy (non-hydrogen) atoms. The van der Waals surface area contributed by atoms with E-state index < -0.39 is 0 Å². The summed E-state index contributed by atoms with van der Waals surface area (Å²) in [4.78, 5) is 12.8. The van der Waals surface area contributed by atoms with Crippen molar-refractivity contribution in [1.82, 2.24) is 15.1 Å². The second-order valence-electron chi connectivity index (χ2n) is 7.23. The molecule has 4 nitrogen and oxygen atoms in total. The fraction of sp³-hybridized carbons (Fsp3) is 0.500. The van der Waals surface area contributed by atoms with E-state index in [1.165, 1.54) is 12.8 Å². The Hall–Kier alpha value is -1.81. The Bertz CT molecular complexity index is 760. The highest BCUT2D eigenvalue weighted by atomic mass is 35.5. The maximum atomic E-state index is 12.8. The number of nitrogens with one attached hydrogen (secondary N) is 1. The molecule has 1 saturated carbocycles. The number of carbonyl (C=O) groups is 1.